The number of carboxylic acids is 1. The molecular weight excluding hydrogens is 324 g/mol. The summed E-state index contributed by atoms with van der Waals surface area (Å²) in [6, 6.07) is 7.87. The summed E-state index contributed by atoms with van der Waals surface area (Å²) in [4.78, 5) is 39.2. The summed E-state index contributed by atoms with van der Waals surface area (Å²) >= 11 is 0. The van der Waals surface area contributed by atoms with Crippen molar-refractivity contribution < 1.29 is 24.2 Å². The van der Waals surface area contributed by atoms with Crippen LogP contribution in [0.25, 0.3) is 0 Å². The van der Waals surface area contributed by atoms with Crippen molar-refractivity contribution in [3.63, 3.8) is 0 Å². The Hall–Kier alpha value is -2.25. The lowest BCUT2D eigenvalue weighted by Gasteiger charge is -2.37. The van der Waals surface area contributed by atoms with Gasteiger partial charge < -0.3 is 9.84 Å². The Morgan fingerprint density at radius 3 is 2.32 bits per heavy atom. The molecule has 0 aliphatic carbocycles. The molecule has 1 aromatic rings. The summed E-state index contributed by atoms with van der Waals surface area (Å²) in [6.45, 7) is 4.46. The van der Waals surface area contributed by atoms with Gasteiger partial charge >= 0.3 is 11.9 Å². The van der Waals surface area contributed by atoms with Gasteiger partial charge in [0.25, 0.3) is 0 Å². The van der Waals surface area contributed by atoms with Crippen LogP contribution in [0.3, 0.4) is 0 Å². The van der Waals surface area contributed by atoms with Crippen LogP contribution in [-0.4, -0.2) is 78.0 Å². The first-order valence-corrected chi connectivity index (χ1v) is 8.44. The molecule has 7 heteroatoms. The lowest BCUT2D eigenvalue weighted by Crippen LogP contribution is -2.54. The van der Waals surface area contributed by atoms with Crippen molar-refractivity contribution in [2.75, 3.05) is 39.3 Å². The van der Waals surface area contributed by atoms with Crippen molar-refractivity contribution in [2.24, 2.45) is 0 Å². The zero-order valence-electron chi connectivity index (χ0n) is 14.4. The molecular formula is C18H24N2O5. The summed E-state index contributed by atoms with van der Waals surface area (Å²) < 4.78 is 4.93. The predicted molar refractivity (Wildman–Crippen MR) is 91.5 cm³/mol. The van der Waals surface area contributed by atoms with Crippen LogP contribution in [0.2, 0.25) is 0 Å². The molecule has 1 aromatic carbocycles. The van der Waals surface area contributed by atoms with Crippen LogP contribution in [0.5, 0.6) is 0 Å². The summed E-state index contributed by atoms with van der Waals surface area (Å²) in [5, 5.41) is 9.52. The largest absolute Gasteiger partial charge is 0.480 e. The smallest absolute Gasteiger partial charge is 0.321 e. The van der Waals surface area contributed by atoms with Crippen molar-refractivity contribution in [1.82, 2.24) is 9.80 Å². The highest BCUT2D eigenvalue weighted by Gasteiger charge is 2.31. The maximum absolute atomic E-state index is 12.3. The van der Waals surface area contributed by atoms with Gasteiger partial charge in [-0.1, -0.05) is 30.3 Å². The predicted octanol–water partition coefficient (Wildman–Crippen LogP) is 0.893. The van der Waals surface area contributed by atoms with Crippen LogP contribution in [0.15, 0.2) is 30.3 Å². The first kappa shape index (κ1) is 19.1. The number of aliphatic carboxylic acids is 1. The number of piperazine rings is 1. The number of Topliss-reactive ketones (excluding diaryl/α,β-unsaturated/α-hetero) is 1. The lowest BCUT2D eigenvalue weighted by molar-refractivity contribution is -0.147. The molecule has 1 aliphatic heterocycles. The van der Waals surface area contributed by atoms with E-state index < -0.39 is 12.0 Å². The fraction of sp³-hybridized carbons (Fsp3) is 0.500. The number of carbonyl (C=O) groups is 3. The van der Waals surface area contributed by atoms with E-state index in [-0.39, 0.29) is 24.7 Å². The van der Waals surface area contributed by atoms with Crippen molar-refractivity contribution in [1.29, 1.82) is 0 Å². The Kier molecular flexibility index (Phi) is 7.09. The molecule has 0 bridgehead atoms. The Bertz CT molecular complexity index is 597. The van der Waals surface area contributed by atoms with E-state index in [1.807, 2.05) is 11.0 Å². The molecule has 0 spiro atoms. The SMILES string of the molecule is CCOC(=O)CN1CCN(C(CC(=O)c2ccccc2)C(=O)O)CC1. The maximum atomic E-state index is 12.3. The molecule has 1 aliphatic rings. The number of rotatable bonds is 8. The number of nitrogens with zero attached hydrogens (tertiary/aromatic N) is 2. The van der Waals surface area contributed by atoms with Gasteiger partial charge in [0.2, 0.25) is 0 Å². The standard InChI is InChI=1S/C18H24N2O5/c1-2-25-17(22)13-19-8-10-20(11-9-19)15(18(23)24)12-16(21)14-6-4-3-5-7-14/h3-7,15H,2,8-13H2,1H3,(H,23,24). The zero-order chi connectivity index (χ0) is 18.2. The summed E-state index contributed by atoms with van der Waals surface area (Å²) in [5.74, 6) is -1.45. The molecule has 1 fully saturated rings. The van der Waals surface area contributed by atoms with Crippen LogP contribution < -0.4 is 0 Å². The van der Waals surface area contributed by atoms with Gasteiger partial charge in [-0.25, -0.2) is 0 Å². The van der Waals surface area contributed by atoms with Gasteiger partial charge in [0.1, 0.15) is 6.04 Å². The van der Waals surface area contributed by atoms with E-state index in [0.29, 0.717) is 38.3 Å². The molecule has 25 heavy (non-hydrogen) atoms. The molecule has 0 saturated carbocycles. The molecule has 1 N–H and O–H groups in total. The van der Waals surface area contributed by atoms with E-state index in [2.05, 4.69) is 0 Å². The van der Waals surface area contributed by atoms with E-state index in [4.69, 9.17) is 4.74 Å². The third-order valence-corrected chi connectivity index (χ3v) is 4.27. The highest BCUT2D eigenvalue weighted by Crippen LogP contribution is 2.14. The first-order chi connectivity index (χ1) is 12.0. The minimum Gasteiger partial charge on any atom is -0.480 e. The molecule has 1 saturated heterocycles. The maximum Gasteiger partial charge on any atom is 0.321 e. The topological polar surface area (TPSA) is 87.2 Å². The fourth-order valence-corrected chi connectivity index (χ4v) is 2.91. The molecule has 1 atom stereocenters. The van der Waals surface area contributed by atoms with Crippen LogP contribution in [0, 0.1) is 0 Å². The molecule has 0 aromatic heterocycles. The number of carboxylic acid groups (broad SMARTS) is 1. The van der Waals surface area contributed by atoms with Gasteiger partial charge in [0.15, 0.2) is 5.78 Å². The molecule has 0 radical (unpaired) electrons. The second-order valence-electron chi connectivity index (χ2n) is 5.96. The average molecular weight is 348 g/mol. The Morgan fingerprint density at radius 2 is 1.76 bits per heavy atom. The number of benzene rings is 1. The van der Waals surface area contributed by atoms with Gasteiger partial charge in [-0.3, -0.25) is 24.2 Å². The van der Waals surface area contributed by atoms with Crippen LogP contribution >= 0.6 is 0 Å². The van der Waals surface area contributed by atoms with E-state index in [1.54, 1.807) is 36.1 Å². The van der Waals surface area contributed by atoms with Gasteiger partial charge in [0, 0.05) is 38.2 Å². The quantitative estimate of drug-likeness (QED) is 0.551. The van der Waals surface area contributed by atoms with E-state index in [1.165, 1.54) is 0 Å². The van der Waals surface area contributed by atoms with E-state index in [0.717, 1.165) is 0 Å². The highest BCUT2D eigenvalue weighted by molar-refractivity contribution is 5.98. The summed E-state index contributed by atoms with van der Waals surface area (Å²) in [7, 11) is 0. The number of esters is 1. The number of ketones is 1. The third-order valence-electron chi connectivity index (χ3n) is 4.27. The zero-order valence-corrected chi connectivity index (χ0v) is 14.4. The van der Waals surface area contributed by atoms with Gasteiger partial charge in [-0.05, 0) is 6.92 Å². The Balaban J connectivity index is 1.90. The molecule has 136 valence electrons. The van der Waals surface area contributed by atoms with Gasteiger partial charge in [0.05, 0.1) is 13.2 Å². The van der Waals surface area contributed by atoms with E-state index >= 15 is 0 Å². The fourth-order valence-electron chi connectivity index (χ4n) is 2.91. The van der Waals surface area contributed by atoms with Crippen LogP contribution in [0.1, 0.15) is 23.7 Å². The lowest BCUT2D eigenvalue weighted by atomic mass is 10.0. The van der Waals surface area contributed by atoms with Crippen molar-refractivity contribution in [3.05, 3.63) is 35.9 Å². The molecule has 7 nitrogen and oxygen atoms in total. The second-order valence-corrected chi connectivity index (χ2v) is 5.96. The minimum atomic E-state index is -0.997. The summed E-state index contributed by atoms with van der Waals surface area (Å²) in [5.41, 5.74) is 0.523. The minimum absolute atomic E-state index is 0.0583. The normalized spacial score (nSPS) is 17.0. The third kappa shape index (κ3) is 5.65. The summed E-state index contributed by atoms with van der Waals surface area (Å²) in [6.07, 6.45) is -0.0583. The molecule has 2 rings (SSSR count). The monoisotopic (exact) mass is 348 g/mol. The van der Waals surface area contributed by atoms with Crippen molar-refractivity contribution in [3.8, 4) is 0 Å². The van der Waals surface area contributed by atoms with Crippen molar-refractivity contribution >= 4 is 17.7 Å². The first-order valence-electron chi connectivity index (χ1n) is 8.44. The van der Waals surface area contributed by atoms with Crippen LogP contribution in [0.4, 0.5) is 0 Å². The Morgan fingerprint density at radius 1 is 1.12 bits per heavy atom. The van der Waals surface area contributed by atoms with Gasteiger partial charge in [-0.2, -0.15) is 0 Å². The number of hydrogen-bond donors (Lipinski definition) is 1. The van der Waals surface area contributed by atoms with Gasteiger partial charge in [-0.15, -0.1) is 0 Å². The Labute approximate surface area is 147 Å². The number of ether oxygens (including phenoxy) is 1. The second kappa shape index (κ2) is 9.29. The molecule has 0 amide bonds. The van der Waals surface area contributed by atoms with E-state index in [9.17, 15) is 19.5 Å². The number of hydrogen-bond acceptors (Lipinski definition) is 6. The van der Waals surface area contributed by atoms with Crippen molar-refractivity contribution in [2.45, 2.75) is 19.4 Å². The average Bonchev–Trinajstić information content (AvgIpc) is 2.61. The van der Waals surface area contributed by atoms with Crippen LogP contribution in [-0.2, 0) is 14.3 Å². The highest BCUT2D eigenvalue weighted by atomic mass is 16.5. The molecule has 1 heterocycles. The number of carbonyl (C=O) groups excluding carboxylic acids is 2. The molecule has 1 unspecified atom stereocenters.